The van der Waals surface area contributed by atoms with E-state index in [4.69, 9.17) is 15.0 Å². The minimum absolute atomic E-state index is 0.614. The summed E-state index contributed by atoms with van der Waals surface area (Å²) >= 11 is 0. The van der Waals surface area contributed by atoms with Crippen LogP contribution >= 0.6 is 7.92 Å². The van der Waals surface area contributed by atoms with Crippen LogP contribution in [0.25, 0.3) is 83.9 Å². The topological polar surface area (TPSA) is 43.6 Å². The van der Waals surface area contributed by atoms with Crippen LogP contribution in [0.1, 0.15) is 22.3 Å². The van der Waals surface area contributed by atoms with Crippen molar-refractivity contribution in [2.75, 3.05) is 0 Å². The summed E-state index contributed by atoms with van der Waals surface area (Å²) in [5, 5.41) is 6.65. The lowest BCUT2D eigenvalue weighted by atomic mass is 9.62. The fourth-order valence-electron chi connectivity index (χ4n) is 11.2. The van der Waals surface area contributed by atoms with Gasteiger partial charge in [-0.1, -0.05) is 224 Å². The van der Waals surface area contributed by atoms with Crippen molar-refractivity contribution in [2.24, 2.45) is 0 Å². The normalized spacial score (nSPS) is 15.4. The molecule has 69 heavy (non-hydrogen) atoms. The molecular formula is C64H41N4P. The monoisotopic (exact) mass is 896 g/mol. The molecule has 14 rings (SSSR count). The highest BCUT2D eigenvalue weighted by molar-refractivity contribution is 7.80. The van der Waals surface area contributed by atoms with E-state index in [-0.39, 0.29) is 0 Å². The summed E-state index contributed by atoms with van der Waals surface area (Å²) in [6.45, 7) is 0. The lowest BCUT2D eigenvalue weighted by Gasteiger charge is -2.48. The number of hydrogen-bond acceptors (Lipinski definition) is 3. The minimum atomic E-state index is -0.909. The molecule has 2 aliphatic rings. The molecular weight excluding hydrogens is 856 g/mol. The highest BCUT2D eigenvalue weighted by Gasteiger charge is 2.51. The first-order chi connectivity index (χ1) is 34.2. The number of rotatable bonds is 6. The Morgan fingerprint density at radius 3 is 1.59 bits per heavy atom. The van der Waals surface area contributed by atoms with Gasteiger partial charge in [-0.3, -0.25) is 0 Å². The van der Waals surface area contributed by atoms with E-state index in [0.29, 0.717) is 17.5 Å². The van der Waals surface area contributed by atoms with Crippen molar-refractivity contribution < 1.29 is 0 Å². The number of aromatic nitrogens is 4. The molecule has 2 aliphatic heterocycles. The van der Waals surface area contributed by atoms with E-state index >= 15 is 0 Å². The predicted octanol–water partition coefficient (Wildman–Crippen LogP) is 14.1. The van der Waals surface area contributed by atoms with Crippen molar-refractivity contribution >= 4 is 45.6 Å². The number of hydrogen-bond donors (Lipinski definition) is 0. The maximum absolute atomic E-state index is 5.21. The quantitative estimate of drug-likeness (QED) is 0.156. The average molecular weight is 897 g/mol. The van der Waals surface area contributed by atoms with Gasteiger partial charge in [-0.25, -0.2) is 15.0 Å². The number of benzene rings is 10. The molecule has 2 aromatic heterocycles. The maximum Gasteiger partial charge on any atom is 0.164 e. The predicted molar refractivity (Wildman–Crippen MR) is 285 cm³/mol. The first kappa shape index (κ1) is 39.6. The van der Waals surface area contributed by atoms with Crippen molar-refractivity contribution in [1.29, 1.82) is 0 Å². The standard InChI is InChI=1S/C64H41N4P/c1-4-18-42(19-5-1)43-34-36-45(37-35-43)62-65-61(44-20-6-2-7-21-44)66-63(67-62)48-23-16-22-46(40-48)47-38-39-59-55(41-47)64(53-29-12-15-33-58(53)69(59)49-24-8-3-9-25-49)52-28-11-14-32-57(52)68-56-31-13-10-26-50(56)51-27-17-30-54(64)60(51)68/h1-41H. The molecule has 2 unspecified atom stereocenters. The van der Waals surface area contributed by atoms with Gasteiger partial charge in [0.05, 0.1) is 22.1 Å². The van der Waals surface area contributed by atoms with E-state index in [1.165, 1.54) is 71.2 Å². The van der Waals surface area contributed by atoms with Gasteiger partial charge in [0, 0.05) is 27.5 Å². The second-order valence-electron chi connectivity index (χ2n) is 17.9. The fourth-order valence-corrected chi connectivity index (χ4v) is 13.9. The summed E-state index contributed by atoms with van der Waals surface area (Å²) in [5.41, 5.74) is 15.7. The van der Waals surface area contributed by atoms with Crippen LogP contribution < -0.4 is 15.9 Å². The number of para-hydroxylation sites is 3. The van der Waals surface area contributed by atoms with Crippen LogP contribution in [-0.4, -0.2) is 19.5 Å². The lowest BCUT2D eigenvalue weighted by Crippen LogP contribution is -2.47. The minimum Gasteiger partial charge on any atom is -0.309 e. The molecule has 2 atom stereocenters. The van der Waals surface area contributed by atoms with Crippen LogP contribution in [-0.2, 0) is 5.41 Å². The van der Waals surface area contributed by atoms with E-state index in [1.807, 2.05) is 24.3 Å². The third kappa shape index (κ3) is 6.09. The Labute approximate surface area is 401 Å². The van der Waals surface area contributed by atoms with Crippen LogP contribution in [0.15, 0.2) is 249 Å². The zero-order valence-electron chi connectivity index (χ0n) is 37.4. The largest absolute Gasteiger partial charge is 0.309 e. The summed E-state index contributed by atoms with van der Waals surface area (Å²) in [7, 11) is -0.909. The van der Waals surface area contributed by atoms with E-state index in [9.17, 15) is 0 Å². The highest BCUT2D eigenvalue weighted by atomic mass is 31.1. The first-order valence-corrected chi connectivity index (χ1v) is 24.9. The molecule has 322 valence electrons. The van der Waals surface area contributed by atoms with Gasteiger partial charge in [0.1, 0.15) is 0 Å². The van der Waals surface area contributed by atoms with Crippen molar-refractivity contribution in [3.8, 4) is 62.1 Å². The van der Waals surface area contributed by atoms with Gasteiger partial charge in [0.15, 0.2) is 17.5 Å². The summed E-state index contributed by atoms with van der Waals surface area (Å²) in [5.74, 6) is 1.90. The van der Waals surface area contributed by atoms with Crippen molar-refractivity contribution in [2.45, 2.75) is 5.41 Å². The molecule has 0 N–H and O–H groups in total. The molecule has 0 aliphatic carbocycles. The molecule has 4 heterocycles. The summed E-state index contributed by atoms with van der Waals surface area (Å²) in [6.07, 6.45) is 0. The van der Waals surface area contributed by atoms with Gasteiger partial charge < -0.3 is 4.57 Å². The van der Waals surface area contributed by atoms with E-state index in [1.54, 1.807) is 0 Å². The van der Waals surface area contributed by atoms with E-state index in [2.05, 4.69) is 229 Å². The summed E-state index contributed by atoms with van der Waals surface area (Å²) < 4.78 is 2.52. The lowest BCUT2D eigenvalue weighted by molar-refractivity contribution is 0.735. The van der Waals surface area contributed by atoms with Crippen molar-refractivity contribution in [3.63, 3.8) is 0 Å². The molecule has 4 nitrogen and oxygen atoms in total. The van der Waals surface area contributed by atoms with Crippen LogP contribution in [0, 0.1) is 0 Å². The van der Waals surface area contributed by atoms with Crippen molar-refractivity contribution in [1.82, 2.24) is 19.5 Å². The van der Waals surface area contributed by atoms with Crippen LogP contribution in [0.5, 0.6) is 0 Å². The maximum atomic E-state index is 5.21. The third-order valence-electron chi connectivity index (χ3n) is 14.2. The van der Waals surface area contributed by atoms with E-state index < -0.39 is 13.3 Å². The molecule has 12 aromatic rings. The average Bonchev–Trinajstić information content (AvgIpc) is 3.78. The fraction of sp³-hybridized carbons (Fsp3) is 0.0156. The number of fused-ring (bicyclic) bond motifs is 11. The van der Waals surface area contributed by atoms with Gasteiger partial charge >= 0.3 is 0 Å². The molecule has 0 fully saturated rings. The van der Waals surface area contributed by atoms with Crippen molar-refractivity contribution in [3.05, 3.63) is 271 Å². The Kier molecular flexibility index (Phi) is 9.05. The van der Waals surface area contributed by atoms with Crippen LogP contribution in [0.4, 0.5) is 0 Å². The second-order valence-corrected chi connectivity index (χ2v) is 20.1. The molecule has 0 amide bonds. The van der Waals surface area contributed by atoms with Crippen LogP contribution in [0.2, 0.25) is 0 Å². The summed E-state index contributed by atoms with van der Waals surface area (Å²) in [4.78, 5) is 15.4. The SMILES string of the molecule is c1ccc(-c2ccc(-c3nc(-c4ccccc4)nc(-c4cccc(-c5ccc6c(c5)C5(c7ccccc7-n7c8ccccc8c8cccc5c87)c5ccccc5P6c5ccccc5)c4)n3)cc2)cc1. The van der Waals surface area contributed by atoms with Gasteiger partial charge in [-0.2, -0.15) is 0 Å². The second kappa shape index (κ2) is 15.8. The number of nitrogens with zero attached hydrogens (tertiary/aromatic N) is 4. The molecule has 10 aromatic carbocycles. The Bertz CT molecular complexity index is 3960. The Morgan fingerprint density at radius 2 is 0.812 bits per heavy atom. The molecule has 1 spiro atoms. The molecule has 5 heteroatoms. The highest BCUT2D eigenvalue weighted by Crippen LogP contribution is 2.58. The van der Waals surface area contributed by atoms with E-state index in [0.717, 1.165) is 33.4 Å². The first-order valence-electron chi connectivity index (χ1n) is 23.5. The molecule has 0 bridgehead atoms. The van der Waals surface area contributed by atoms with Gasteiger partial charge in [-0.05, 0) is 92.6 Å². The van der Waals surface area contributed by atoms with Gasteiger partial charge in [0.25, 0.3) is 0 Å². The zero-order chi connectivity index (χ0) is 45.5. The van der Waals surface area contributed by atoms with Crippen LogP contribution in [0.3, 0.4) is 0 Å². The summed E-state index contributed by atoms with van der Waals surface area (Å²) in [6, 6.07) is 90.7. The third-order valence-corrected chi connectivity index (χ3v) is 16.8. The Hall–Kier alpha value is -8.56. The molecule has 0 saturated carbocycles. The Morgan fingerprint density at radius 1 is 0.319 bits per heavy atom. The molecule has 0 saturated heterocycles. The van der Waals surface area contributed by atoms with Gasteiger partial charge in [0.2, 0.25) is 0 Å². The van der Waals surface area contributed by atoms with Gasteiger partial charge in [-0.15, -0.1) is 0 Å². The zero-order valence-corrected chi connectivity index (χ0v) is 38.3. The smallest absolute Gasteiger partial charge is 0.164 e. The molecule has 0 radical (unpaired) electrons. The Balaban J connectivity index is 0.987.